The van der Waals surface area contributed by atoms with Crippen LogP contribution in [-0.4, -0.2) is 18.4 Å². The molecule has 0 spiro atoms. The summed E-state index contributed by atoms with van der Waals surface area (Å²) in [6.07, 6.45) is 0. The van der Waals surface area contributed by atoms with E-state index >= 15 is 0 Å². The predicted octanol–water partition coefficient (Wildman–Crippen LogP) is -0.291. The van der Waals surface area contributed by atoms with Crippen molar-refractivity contribution in [2.75, 3.05) is 4.72 Å². The van der Waals surface area contributed by atoms with Crippen LogP contribution in [0.4, 0.5) is 5.95 Å². The Balaban J connectivity index is 3.03. The Morgan fingerprint density at radius 3 is 2.15 bits per heavy atom. The number of hydrogen-bond acceptors (Lipinski definition) is 4. The van der Waals surface area contributed by atoms with E-state index in [1.165, 1.54) is 0 Å². The van der Waals surface area contributed by atoms with Crippen LogP contribution in [0, 0.1) is 13.8 Å². The zero-order valence-corrected chi connectivity index (χ0v) is 8.09. The van der Waals surface area contributed by atoms with E-state index in [0.29, 0.717) is 11.4 Å². The lowest BCUT2D eigenvalue weighted by Gasteiger charge is -2.03. The molecule has 7 heteroatoms. The SMILES string of the molecule is Cc1cc(C)nc(NS(N)(=O)=O)n1. The maximum Gasteiger partial charge on any atom is 0.298 e. The normalized spacial score (nSPS) is 11.3. The Labute approximate surface area is 76.4 Å². The highest BCUT2D eigenvalue weighted by Gasteiger charge is 2.05. The van der Waals surface area contributed by atoms with Gasteiger partial charge in [0.05, 0.1) is 0 Å². The number of nitrogens with one attached hydrogen (secondary N) is 1. The fourth-order valence-electron chi connectivity index (χ4n) is 0.899. The average Bonchev–Trinajstić information content (AvgIpc) is 1.78. The lowest BCUT2D eigenvalue weighted by Crippen LogP contribution is -2.23. The lowest BCUT2D eigenvalue weighted by molar-refractivity contribution is 0.602. The summed E-state index contributed by atoms with van der Waals surface area (Å²) >= 11 is 0. The van der Waals surface area contributed by atoms with E-state index in [2.05, 4.69) is 9.97 Å². The van der Waals surface area contributed by atoms with Gasteiger partial charge in [-0.2, -0.15) is 8.42 Å². The van der Waals surface area contributed by atoms with Gasteiger partial charge in [0.25, 0.3) is 10.2 Å². The highest BCUT2D eigenvalue weighted by Crippen LogP contribution is 2.03. The van der Waals surface area contributed by atoms with Gasteiger partial charge in [0.2, 0.25) is 5.95 Å². The fraction of sp³-hybridized carbons (Fsp3) is 0.333. The summed E-state index contributed by atoms with van der Waals surface area (Å²) in [5.74, 6) is 0.000000000000000444. The molecule has 0 atom stereocenters. The molecule has 0 bridgehead atoms. The van der Waals surface area contributed by atoms with Crippen molar-refractivity contribution >= 4 is 16.2 Å². The van der Waals surface area contributed by atoms with Crippen molar-refractivity contribution in [1.82, 2.24) is 9.97 Å². The number of rotatable bonds is 2. The minimum atomic E-state index is -3.79. The summed E-state index contributed by atoms with van der Waals surface area (Å²) < 4.78 is 23.2. The van der Waals surface area contributed by atoms with Gasteiger partial charge in [-0.1, -0.05) is 0 Å². The van der Waals surface area contributed by atoms with E-state index in [9.17, 15) is 8.42 Å². The van der Waals surface area contributed by atoms with Crippen LogP contribution in [0.25, 0.3) is 0 Å². The molecule has 1 heterocycles. The van der Waals surface area contributed by atoms with Gasteiger partial charge < -0.3 is 0 Å². The highest BCUT2D eigenvalue weighted by molar-refractivity contribution is 7.90. The number of aryl methyl sites for hydroxylation is 2. The van der Waals surface area contributed by atoms with Crippen molar-refractivity contribution in [2.45, 2.75) is 13.8 Å². The molecule has 0 saturated carbocycles. The topological polar surface area (TPSA) is 98.0 Å². The molecule has 0 aliphatic heterocycles. The minimum Gasteiger partial charge on any atom is -0.239 e. The summed E-state index contributed by atoms with van der Waals surface area (Å²) in [5, 5.41) is 4.75. The summed E-state index contributed by atoms with van der Waals surface area (Å²) in [6.45, 7) is 3.48. The van der Waals surface area contributed by atoms with Gasteiger partial charge >= 0.3 is 0 Å². The predicted molar refractivity (Wildman–Crippen MR) is 48.2 cm³/mol. The first-order chi connectivity index (χ1) is 5.87. The second-order valence-electron chi connectivity index (χ2n) is 2.62. The van der Waals surface area contributed by atoms with Crippen molar-refractivity contribution < 1.29 is 8.42 Å². The molecule has 0 unspecified atom stereocenters. The zero-order chi connectivity index (χ0) is 10.1. The summed E-state index contributed by atoms with van der Waals surface area (Å²) in [7, 11) is -3.79. The van der Waals surface area contributed by atoms with Crippen LogP contribution in [0.5, 0.6) is 0 Å². The van der Waals surface area contributed by atoms with Gasteiger partial charge in [-0.15, -0.1) is 0 Å². The Morgan fingerprint density at radius 2 is 1.77 bits per heavy atom. The first kappa shape index (κ1) is 9.87. The summed E-state index contributed by atoms with van der Waals surface area (Å²) in [4.78, 5) is 7.68. The van der Waals surface area contributed by atoms with E-state index in [4.69, 9.17) is 5.14 Å². The molecule has 6 nitrogen and oxygen atoms in total. The largest absolute Gasteiger partial charge is 0.298 e. The third-order valence-corrected chi connectivity index (χ3v) is 1.68. The third kappa shape index (κ3) is 3.34. The molecule has 0 aromatic carbocycles. The zero-order valence-electron chi connectivity index (χ0n) is 7.27. The monoisotopic (exact) mass is 202 g/mol. The van der Waals surface area contributed by atoms with Gasteiger partial charge in [0, 0.05) is 11.4 Å². The van der Waals surface area contributed by atoms with Crippen molar-refractivity contribution in [3.05, 3.63) is 17.5 Å². The number of hydrogen-bond donors (Lipinski definition) is 2. The maximum atomic E-state index is 10.6. The van der Waals surface area contributed by atoms with Crippen molar-refractivity contribution in [3.63, 3.8) is 0 Å². The van der Waals surface area contributed by atoms with E-state index < -0.39 is 10.2 Å². The summed E-state index contributed by atoms with van der Waals surface area (Å²) in [5.41, 5.74) is 1.36. The van der Waals surface area contributed by atoms with Crippen LogP contribution >= 0.6 is 0 Å². The molecule has 0 radical (unpaired) electrons. The van der Waals surface area contributed by atoms with Crippen LogP contribution in [0.3, 0.4) is 0 Å². The van der Waals surface area contributed by atoms with Crippen LogP contribution in [0.1, 0.15) is 11.4 Å². The van der Waals surface area contributed by atoms with Crippen molar-refractivity contribution in [2.24, 2.45) is 5.14 Å². The molecular weight excluding hydrogens is 192 g/mol. The number of nitrogens with zero attached hydrogens (tertiary/aromatic N) is 2. The molecule has 0 aliphatic carbocycles. The van der Waals surface area contributed by atoms with Crippen molar-refractivity contribution in [3.8, 4) is 0 Å². The van der Waals surface area contributed by atoms with Gasteiger partial charge in [-0.25, -0.2) is 19.8 Å². The van der Waals surface area contributed by atoms with E-state index in [0.717, 1.165) is 0 Å². The molecule has 0 aliphatic rings. The second-order valence-corrected chi connectivity index (χ2v) is 3.92. The molecule has 1 rings (SSSR count). The number of aromatic nitrogens is 2. The minimum absolute atomic E-state index is 0.000000000000000444. The smallest absolute Gasteiger partial charge is 0.239 e. The Hall–Kier alpha value is -1.21. The van der Waals surface area contributed by atoms with Gasteiger partial charge in [-0.05, 0) is 19.9 Å². The van der Waals surface area contributed by atoms with Crippen LogP contribution in [-0.2, 0) is 10.2 Å². The Morgan fingerprint density at radius 1 is 1.31 bits per heavy atom. The quantitative estimate of drug-likeness (QED) is 0.688. The summed E-state index contributed by atoms with van der Waals surface area (Å²) in [6, 6.07) is 1.73. The first-order valence-electron chi connectivity index (χ1n) is 3.49. The lowest BCUT2D eigenvalue weighted by atomic mass is 10.4. The van der Waals surface area contributed by atoms with E-state index in [1.807, 2.05) is 4.72 Å². The number of nitrogens with two attached hydrogens (primary N) is 1. The molecule has 1 aromatic rings. The molecule has 72 valence electrons. The first-order valence-corrected chi connectivity index (χ1v) is 5.04. The average molecular weight is 202 g/mol. The molecule has 0 fully saturated rings. The Bertz CT molecular complexity index is 394. The fourth-order valence-corrected chi connectivity index (χ4v) is 1.24. The third-order valence-electron chi connectivity index (χ3n) is 1.22. The van der Waals surface area contributed by atoms with Crippen LogP contribution in [0.2, 0.25) is 0 Å². The Kier molecular flexibility index (Phi) is 2.48. The highest BCUT2D eigenvalue weighted by atomic mass is 32.2. The number of anilines is 1. The molecular formula is C6H10N4O2S. The second kappa shape index (κ2) is 3.27. The molecule has 3 N–H and O–H groups in total. The van der Waals surface area contributed by atoms with Crippen LogP contribution in [0.15, 0.2) is 6.07 Å². The molecule has 1 aromatic heterocycles. The van der Waals surface area contributed by atoms with E-state index in [1.54, 1.807) is 19.9 Å². The molecule has 0 saturated heterocycles. The maximum absolute atomic E-state index is 10.6. The van der Waals surface area contributed by atoms with Crippen molar-refractivity contribution in [1.29, 1.82) is 0 Å². The van der Waals surface area contributed by atoms with Gasteiger partial charge in [-0.3, -0.25) is 0 Å². The molecule has 13 heavy (non-hydrogen) atoms. The molecule has 0 amide bonds. The van der Waals surface area contributed by atoms with Gasteiger partial charge in [0.1, 0.15) is 0 Å². The standard InChI is InChI=1S/C6H10N4O2S/c1-4-3-5(2)9-6(8-4)10-13(7,11)12/h3H,1-2H3,(H2,7,11,12)(H,8,9,10). The van der Waals surface area contributed by atoms with Crippen LogP contribution < -0.4 is 9.86 Å². The van der Waals surface area contributed by atoms with Gasteiger partial charge in [0.15, 0.2) is 0 Å². The van der Waals surface area contributed by atoms with E-state index in [-0.39, 0.29) is 5.95 Å².